The third-order valence-corrected chi connectivity index (χ3v) is 3.27. The van der Waals surface area contributed by atoms with Gasteiger partial charge in [-0.25, -0.2) is 0 Å². The fraction of sp³-hybridized carbons (Fsp3) is 0.833. The van der Waals surface area contributed by atoms with Gasteiger partial charge in [-0.05, 0) is 30.6 Å². The topological polar surface area (TPSA) is 20.2 Å². The first-order valence-electron chi connectivity index (χ1n) is 5.29. The second kappa shape index (κ2) is 4.56. The second-order valence-corrected chi connectivity index (χ2v) is 4.69. The van der Waals surface area contributed by atoms with Gasteiger partial charge in [0, 0.05) is 5.92 Å². The summed E-state index contributed by atoms with van der Waals surface area (Å²) < 4.78 is 0. The van der Waals surface area contributed by atoms with Crippen molar-refractivity contribution in [2.75, 3.05) is 0 Å². The summed E-state index contributed by atoms with van der Waals surface area (Å²) in [5.41, 5.74) is 0. The minimum absolute atomic E-state index is 0.425. The van der Waals surface area contributed by atoms with E-state index >= 15 is 0 Å². The molecule has 1 N–H and O–H groups in total. The van der Waals surface area contributed by atoms with E-state index in [1.807, 2.05) is 0 Å². The van der Waals surface area contributed by atoms with Gasteiger partial charge in [0.05, 0.1) is 0 Å². The van der Waals surface area contributed by atoms with Gasteiger partial charge in [-0.2, -0.15) is 0 Å². The van der Waals surface area contributed by atoms with Crippen molar-refractivity contribution in [2.24, 2.45) is 23.7 Å². The summed E-state index contributed by atoms with van der Waals surface area (Å²) >= 11 is 0. The van der Waals surface area contributed by atoms with Crippen LogP contribution in [0.5, 0.6) is 0 Å². The lowest BCUT2D eigenvalue weighted by Gasteiger charge is -2.34. The fourth-order valence-electron chi connectivity index (χ4n) is 2.45. The van der Waals surface area contributed by atoms with E-state index in [4.69, 9.17) is 5.11 Å². The van der Waals surface area contributed by atoms with Crippen LogP contribution in [0.4, 0.5) is 0 Å². The Kier molecular flexibility index (Phi) is 3.66. The molecule has 3 unspecified atom stereocenters. The highest BCUT2D eigenvalue weighted by Gasteiger charge is 2.29. The van der Waals surface area contributed by atoms with Crippen molar-refractivity contribution in [3.05, 3.63) is 0 Å². The standard InChI is InChI=1S/C12H20O/c1-9(2)12-5-4-10(3)8-11(12)6-7-13/h9-13H,4-5,8H2,1-3H3. The van der Waals surface area contributed by atoms with Crippen LogP contribution in [0.25, 0.3) is 0 Å². The van der Waals surface area contributed by atoms with E-state index in [0.717, 1.165) is 12.3 Å². The molecule has 1 aliphatic carbocycles. The van der Waals surface area contributed by atoms with Gasteiger partial charge in [-0.15, -0.1) is 0 Å². The van der Waals surface area contributed by atoms with Crippen LogP contribution in [0.1, 0.15) is 40.0 Å². The van der Waals surface area contributed by atoms with Crippen LogP contribution >= 0.6 is 0 Å². The molecule has 1 nitrogen and oxygen atoms in total. The molecule has 0 amide bonds. The van der Waals surface area contributed by atoms with Crippen LogP contribution < -0.4 is 0 Å². The Morgan fingerprint density at radius 2 is 2.00 bits per heavy atom. The molecule has 1 rings (SSSR count). The van der Waals surface area contributed by atoms with Crippen LogP contribution in [-0.4, -0.2) is 5.11 Å². The smallest absolute Gasteiger partial charge is 0.107 e. The highest BCUT2D eigenvalue weighted by Crippen LogP contribution is 2.37. The molecule has 1 saturated carbocycles. The molecule has 74 valence electrons. The van der Waals surface area contributed by atoms with Crippen LogP contribution in [0.3, 0.4) is 0 Å². The number of aliphatic hydroxyl groups is 1. The van der Waals surface area contributed by atoms with Crippen LogP contribution in [0, 0.1) is 35.7 Å². The van der Waals surface area contributed by atoms with Gasteiger partial charge in [0.2, 0.25) is 0 Å². The first-order valence-corrected chi connectivity index (χ1v) is 5.29. The van der Waals surface area contributed by atoms with Gasteiger partial charge in [0.1, 0.15) is 6.11 Å². The molecule has 0 bridgehead atoms. The number of hydrogen-bond donors (Lipinski definition) is 1. The average Bonchev–Trinajstić information content (AvgIpc) is 2.04. The quantitative estimate of drug-likeness (QED) is 0.615. The van der Waals surface area contributed by atoms with Crippen molar-refractivity contribution >= 4 is 0 Å². The molecule has 1 aliphatic rings. The van der Waals surface area contributed by atoms with E-state index in [-0.39, 0.29) is 0 Å². The first-order chi connectivity index (χ1) is 6.15. The molecule has 0 aliphatic heterocycles. The Balaban J connectivity index is 2.64. The molecule has 0 radical (unpaired) electrons. The Labute approximate surface area is 81.5 Å². The first kappa shape index (κ1) is 10.4. The summed E-state index contributed by atoms with van der Waals surface area (Å²) in [5, 5.41) is 8.64. The van der Waals surface area contributed by atoms with E-state index in [1.54, 1.807) is 0 Å². The van der Waals surface area contributed by atoms with E-state index in [0.29, 0.717) is 17.8 Å². The van der Waals surface area contributed by atoms with Crippen molar-refractivity contribution in [1.29, 1.82) is 0 Å². The van der Waals surface area contributed by atoms with Gasteiger partial charge in [-0.3, -0.25) is 0 Å². The van der Waals surface area contributed by atoms with Crippen molar-refractivity contribution < 1.29 is 5.11 Å². The predicted octanol–water partition coefficient (Wildman–Crippen LogP) is 3.03. The molecule has 13 heavy (non-hydrogen) atoms. The van der Waals surface area contributed by atoms with Gasteiger partial charge in [0.15, 0.2) is 0 Å². The zero-order chi connectivity index (χ0) is 9.84. The van der Waals surface area contributed by atoms with Gasteiger partial charge < -0.3 is 5.11 Å². The Hall–Kier alpha value is -0.640. The number of aliphatic hydroxyl groups excluding tert-OH is 1. The Morgan fingerprint density at radius 1 is 1.31 bits per heavy atom. The van der Waals surface area contributed by atoms with E-state index in [1.165, 1.54) is 12.8 Å². The summed E-state index contributed by atoms with van der Waals surface area (Å²) in [5.74, 6) is 5.54. The van der Waals surface area contributed by atoms with Gasteiger partial charge in [0.25, 0.3) is 0 Å². The molecule has 0 aromatic heterocycles. The van der Waals surface area contributed by atoms with Crippen LogP contribution in [0.15, 0.2) is 0 Å². The Bertz CT molecular complexity index is 209. The molecule has 0 aromatic rings. The molecule has 1 fully saturated rings. The third-order valence-electron chi connectivity index (χ3n) is 3.27. The predicted molar refractivity (Wildman–Crippen MR) is 54.5 cm³/mol. The van der Waals surface area contributed by atoms with Crippen LogP contribution in [-0.2, 0) is 0 Å². The molecular weight excluding hydrogens is 160 g/mol. The number of hydrogen-bond acceptors (Lipinski definition) is 1. The molecule has 0 heterocycles. The van der Waals surface area contributed by atoms with E-state index < -0.39 is 0 Å². The fourth-order valence-corrected chi connectivity index (χ4v) is 2.45. The van der Waals surface area contributed by atoms with Gasteiger partial charge in [-0.1, -0.05) is 33.1 Å². The summed E-state index contributed by atoms with van der Waals surface area (Å²) in [4.78, 5) is 0. The lowest BCUT2D eigenvalue weighted by molar-refractivity contribution is 0.184. The summed E-state index contributed by atoms with van der Waals surface area (Å²) in [7, 11) is 0. The van der Waals surface area contributed by atoms with E-state index in [2.05, 4.69) is 32.8 Å². The lowest BCUT2D eigenvalue weighted by Crippen LogP contribution is -2.26. The maximum Gasteiger partial charge on any atom is 0.107 e. The lowest BCUT2D eigenvalue weighted by atomic mass is 9.70. The maximum absolute atomic E-state index is 8.64. The monoisotopic (exact) mass is 180 g/mol. The van der Waals surface area contributed by atoms with Crippen molar-refractivity contribution in [2.45, 2.75) is 40.0 Å². The van der Waals surface area contributed by atoms with Crippen molar-refractivity contribution in [1.82, 2.24) is 0 Å². The van der Waals surface area contributed by atoms with Crippen molar-refractivity contribution in [3.8, 4) is 12.0 Å². The number of rotatable bonds is 1. The third kappa shape index (κ3) is 2.66. The summed E-state index contributed by atoms with van der Waals surface area (Å²) in [6.45, 7) is 6.79. The summed E-state index contributed by atoms with van der Waals surface area (Å²) in [6.07, 6.45) is 5.86. The minimum Gasteiger partial charge on any atom is -0.462 e. The van der Waals surface area contributed by atoms with Gasteiger partial charge >= 0.3 is 0 Å². The zero-order valence-electron chi connectivity index (χ0n) is 8.88. The average molecular weight is 180 g/mol. The molecule has 3 atom stereocenters. The normalized spacial score (nSPS) is 34.0. The largest absolute Gasteiger partial charge is 0.462 e. The molecular formula is C12H20O. The minimum atomic E-state index is 0.425. The zero-order valence-corrected chi connectivity index (χ0v) is 8.88. The summed E-state index contributed by atoms with van der Waals surface area (Å²) in [6, 6.07) is 0. The molecule has 0 aromatic carbocycles. The maximum atomic E-state index is 8.64. The highest BCUT2D eigenvalue weighted by atomic mass is 16.2. The van der Waals surface area contributed by atoms with E-state index in [9.17, 15) is 0 Å². The SMILES string of the molecule is CC1CCC(C(C)C)C(C#CO)C1. The molecule has 1 heteroatoms. The van der Waals surface area contributed by atoms with Crippen LogP contribution in [0.2, 0.25) is 0 Å². The van der Waals surface area contributed by atoms with Crippen molar-refractivity contribution in [3.63, 3.8) is 0 Å². The molecule has 0 saturated heterocycles. The highest BCUT2D eigenvalue weighted by molar-refractivity contribution is 5.02. The Morgan fingerprint density at radius 3 is 2.54 bits per heavy atom. The molecule has 0 spiro atoms. The second-order valence-electron chi connectivity index (χ2n) is 4.69.